The Morgan fingerprint density at radius 2 is 1.93 bits per heavy atom. The number of nitrogens with zero attached hydrogens (tertiary/aromatic N) is 1. The molecule has 0 aromatic heterocycles. The van der Waals surface area contributed by atoms with E-state index >= 15 is 0 Å². The lowest BCUT2D eigenvalue weighted by atomic mass is 9.51. The van der Waals surface area contributed by atoms with Crippen LogP contribution >= 0.6 is 0 Å². The van der Waals surface area contributed by atoms with Gasteiger partial charge in [0, 0.05) is 5.41 Å². The van der Waals surface area contributed by atoms with Crippen molar-refractivity contribution >= 4 is 6.21 Å². The quantitative estimate of drug-likeness (QED) is 0.391. The minimum absolute atomic E-state index is 0.196. The minimum Gasteiger partial charge on any atom is -0.411 e. The molecule has 0 saturated heterocycles. The summed E-state index contributed by atoms with van der Waals surface area (Å²) in [6.07, 6.45) is 21.3. The standard InChI is InChI=1S/C25H31NO/c27-26-17-20-8-2-1-7-19(20)16-25-14-5-10-24(25)23-12-11-18-6-3-4-9-21(18)22(23)13-15-25/h1-2,5,7-8,10,14,17-18,21-23,27H,3-4,6,9,11-13,15-16H2/t18?,21-,22+,23+,25-/m0/s1. The van der Waals surface area contributed by atoms with E-state index < -0.39 is 0 Å². The molecule has 1 aromatic rings. The van der Waals surface area contributed by atoms with E-state index in [1.807, 2.05) is 6.07 Å². The SMILES string of the molecule is ON=Cc1ccccc1C[C@@]12C=CC=C1[C@@H]1CCC3CCCC[C@@H]3[C@H]1CC2. The maximum atomic E-state index is 9.04. The van der Waals surface area contributed by atoms with Crippen molar-refractivity contribution in [1.82, 2.24) is 0 Å². The van der Waals surface area contributed by atoms with E-state index in [-0.39, 0.29) is 5.41 Å². The van der Waals surface area contributed by atoms with Crippen molar-refractivity contribution in [3.05, 3.63) is 59.2 Å². The number of oxime groups is 1. The van der Waals surface area contributed by atoms with E-state index in [4.69, 9.17) is 5.21 Å². The average molecular weight is 362 g/mol. The number of benzene rings is 1. The molecule has 0 heterocycles. The van der Waals surface area contributed by atoms with Gasteiger partial charge in [-0.1, -0.05) is 72.5 Å². The van der Waals surface area contributed by atoms with Gasteiger partial charge in [-0.3, -0.25) is 0 Å². The predicted molar refractivity (Wildman–Crippen MR) is 110 cm³/mol. The van der Waals surface area contributed by atoms with Crippen molar-refractivity contribution in [3.63, 3.8) is 0 Å². The van der Waals surface area contributed by atoms with Crippen LogP contribution in [-0.2, 0) is 6.42 Å². The van der Waals surface area contributed by atoms with Gasteiger partial charge >= 0.3 is 0 Å². The van der Waals surface area contributed by atoms with Crippen LogP contribution in [0, 0.1) is 29.1 Å². The van der Waals surface area contributed by atoms with Crippen LogP contribution in [-0.4, -0.2) is 11.4 Å². The van der Waals surface area contributed by atoms with Crippen molar-refractivity contribution in [2.24, 2.45) is 34.2 Å². The fourth-order valence-corrected chi connectivity index (χ4v) is 7.08. The summed E-state index contributed by atoms with van der Waals surface area (Å²) in [6.45, 7) is 0. The highest BCUT2D eigenvalue weighted by Gasteiger charge is 2.50. The molecule has 0 bridgehead atoms. The van der Waals surface area contributed by atoms with Crippen LogP contribution in [0.1, 0.15) is 62.5 Å². The molecule has 4 aliphatic rings. The number of fused-ring (bicyclic) bond motifs is 5. The Morgan fingerprint density at radius 1 is 1.04 bits per heavy atom. The molecule has 1 N–H and O–H groups in total. The van der Waals surface area contributed by atoms with Crippen LogP contribution in [0.4, 0.5) is 0 Å². The predicted octanol–water partition coefficient (Wildman–Crippen LogP) is 6.15. The van der Waals surface area contributed by atoms with E-state index in [1.165, 1.54) is 56.9 Å². The third kappa shape index (κ3) is 2.88. The van der Waals surface area contributed by atoms with E-state index in [1.54, 1.807) is 11.8 Å². The molecule has 5 atom stereocenters. The fourth-order valence-electron chi connectivity index (χ4n) is 7.08. The first-order valence-electron chi connectivity index (χ1n) is 11.0. The lowest BCUT2D eigenvalue weighted by molar-refractivity contribution is 0.0318. The molecular weight excluding hydrogens is 330 g/mol. The molecule has 0 aliphatic heterocycles. The molecule has 0 spiro atoms. The van der Waals surface area contributed by atoms with Gasteiger partial charge in [-0.25, -0.2) is 0 Å². The van der Waals surface area contributed by atoms with Crippen molar-refractivity contribution < 1.29 is 5.21 Å². The zero-order valence-corrected chi connectivity index (χ0v) is 16.2. The highest BCUT2D eigenvalue weighted by molar-refractivity contribution is 5.81. The first kappa shape index (κ1) is 17.3. The van der Waals surface area contributed by atoms with Gasteiger partial charge in [-0.05, 0) is 73.3 Å². The Balaban J connectivity index is 1.43. The van der Waals surface area contributed by atoms with Gasteiger partial charge in [0.1, 0.15) is 0 Å². The average Bonchev–Trinajstić information content (AvgIpc) is 3.13. The van der Waals surface area contributed by atoms with Gasteiger partial charge in [0.2, 0.25) is 0 Å². The molecule has 1 unspecified atom stereocenters. The van der Waals surface area contributed by atoms with Gasteiger partial charge in [0.15, 0.2) is 0 Å². The third-order valence-corrected chi connectivity index (χ3v) is 8.23. The molecule has 2 heteroatoms. The van der Waals surface area contributed by atoms with Crippen LogP contribution in [0.2, 0.25) is 0 Å². The fraction of sp³-hybridized carbons (Fsp3) is 0.560. The Bertz CT molecular complexity index is 791. The van der Waals surface area contributed by atoms with Crippen LogP contribution < -0.4 is 0 Å². The normalized spacial score (nSPS) is 37.6. The summed E-state index contributed by atoms with van der Waals surface area (Å²) in [4.78, 5) is 0. The second kappa shape index (κ2) is 6.96. The Hall–Kier alpha value is -1.83. The first-order chi connectivity index (χ1) is 13.3. The molecular formula is C25H31NO. The van der Waals surface area contributed by atoms with Crippen LogP contribution in [0.25, 0.3) is 0 Å². The lowest BCUT2D eigenvalue weighted by Gasteiger charge is -2.53. The summed E-state index contributed by atoms with van der Waals surface area (Å²) in [5, 5.41) is 12.3. The maximum absolute atomic E-state index is 9.04. The number of rotatable bonds is 3. The molecule has 3 saturated carbocycles. The largest absolute Gasteiger partial charge is 0.411 e. The van der Waals surface area contributed by atoms with Crippen LogP contribution in [0.5, 0.6) is 0 Å². The number of hydrogen-bond donors (Lipinski definition) is 1. The van der Waals surface area contributed by atoms with Crippen molar-refractivity contribution in [2.75, 3.05) is 0 Å². The zero-order chi connectivity index (χ0) is 18.3. The van der Waals surface area contributed by atoms with Gasteiger partial charge in [0.05, 0.1) is 6.21 Å². The summed E-state index contributed by atoms with van der Waals surface area (Å²) in [7, 11) is 0. The molecule has 0 amide bonds. The minimum atomic E-state index is 0.196. The van der Waals surface area contributed by atoms with Crippen LogP contribution in [0.15, 0.2) is 53.2 Å². The maximum Gasteiger partial charge on any atom is 0.0736 e. The second-order valence-electron chi connectivity index (χ2n) is 9.35. The summed E-state index contributed by atoms with van der Waals surface area (Å²) in [5.74, 6) is 3.74. The summed E-state index contributed by atoms with van der Waals surface area (Å²) in [5.41, 5.74) is 4.27. The van der Waals surface area contributed by atoms with E-state index in [9.17, 15) is 0 Å². The van der Waals surface area contributed by atoms with E-state index in [2.05, 4.69) is 41.6 Å². The monoisotopic (exact) mass is 361 g/mol. The number of hydrogen-bond acceptors (Lipinski definition) is 2. The third-order valence-electron chi connectivity index (χ3n) is 8.23. The first-order valence-corrected chi connectivity index (χ1v) is 11.0. The Morgan fingerprint density at radius 3 is 2.85 bits per heavy atom. The zero-order valence-electron chi connectivity index (χ0n) is 16.2. The van der Waals surface area contributed by atoms with Crippen molar-refractivity contribution in [2.45, 2.75) is 57.8 Å². The summed E-state index contributed by atoms with van der Waals surface area (Å²) < 4.78 is 0. The highest BCUT2D eigenvalue weighted by Crippen LogP contribution is 2.60. The van der Waals surface area contributed by atoms with Crippen LogP contribution in [0.3, 0.4) is 0 Å². The summed E-state index contributed by atoms with van der Waals surface area (Å²) in [6, 6.07) is 8.41. The highest BCUT2D eigenvalue weighted by atomic mass is 16.4. The smallest absolute Gasteiger partial charge is 0.0736 e. The van der Waals surface area contributed by atoms with Crippen molar-refractivity contribution in [3.8, 4) is 0 Å². The molecule has 4 aliphatic carbocycles. The Labute approximate surface area is 163 Å². The molecule has 1 aromatic carbocycles. The second-order valence-corrected chi connectivity index (χ2v) is 9.35. The van der Waals surface area contributed by atoms with E-state index in [0.29, 0.717) is 0 Å². The Kier molecular flexibility index (Phi) is 4.46. The van der Waals surface area contributed by atoms with Gasteiger partial charge in [0.25, 0.3) is 0 Å². The van der Waals surface area contributed by atoms with Gasteiger partial charge < -0.3 is 5.21 Å². The molecule has 3 fully saturated rings. The molecule has 5 rings (SSSR count). The number of allylic oxidation sites excluding steroid dienone is 4. The summed E-state index contributed by atoms with van der Waals surface area (Å²) >= 11 is 0. The molecule has 2 nitrogen and oxygen atoms in total. The topological polar surface area (TPSA) is 32.6 Å². The molecule has 0 radical (unpaired) electrons. The molecule has 27 heavy (non-hydrogen) atoms. The molecule has 142 valence electrons. The van der Waals surface area contributed by atoms with Gasteiger partial charge in [-0.15, -0.1) is 0 Å². The van der Waals surface area contributed by atoms with Gasteiger partial charge in [-0.2, -0.15) is 0 Å². The lowest BCUT2D eigenvalue weighted by Crippen LogP contribution is -2.44. The van der Waals surface area contributed by atoms with E-state index in [0.717, 1.165) is 35.7 Å². The van der Waals surface area contributed by atoms with Crippen molar-refractivity contribution in [1.29, 1.82) is 0 Å².